The Morgan fingerprint density at radius 3 is 2.32 bits per heavy atom. The van der Waals surface area contributed by atoms with Gasteiger partial charge in [-0.2, -0.15) is 0 Å². The zero-order valence-corrected chi connectivity index (χ0v) is 26.6. The van der Waals surface area contributed by atoms with E-state index in [0.29, 0.717) is 17.3 Å². The Labute approximate surface area is 247 Å². The van der Waals surface area contributed by atoms with Gasteiger partial charge in [-0.15, -0.1) is 0 Å². The fourth-order valence-electron chi connectivity index (χ4n) is 10.5. The Balaban J connectivity index is 1.27. The molecule has 1 heterocycles. The van der Waals surface area contributed by atoms with Crippen molar-refractivity contribution in [2.75, 3.05) is 39.8 Å². The molecule has 226 valence electrons. The molecule has 0 spiro atoms. The van der Waals surface area contributed by atoms with Crippen LogP contribution in [0.3, 0.4) is 0 Å². The molecular weight excluding hydrogens is 510 g/mol. The zero-order chi connectivity index (χ0) is 29.6. The second-order valence-corrected chi connectivity index (χ2v) is 16.1. The molecule has 6 heteroatoms. The van der Waals surface area contributed by atoms with Crippen molar-refractivity contribution in [3.8, 4) is 11.5 Å². The van der Waals surface area contributed by atoms with E-state index in [4.69, 9.17) is 0 Å². The van der Waals surface area contributed by atoms with Crippen LogP contribution in [0.2, 0.25) is 0 Å². The summed E-state index contributed by atoms with van der Waals surface area (Å²) in [4.78, 5) is 17.4. The van der Waals surface area contributed by atoms with Crippen LogP contribution in [0.25, 0.3) is 6.08 Å². The van der Waals surface area contributed by atoms with E-state index in [1.807, 2.05) is 17.9 Å². The average Bonchev–Trinajstić information content (AvgIpc) is 2.94. The largest absolute Gasteiger partial charge is 0.504 e. The van der Waals surface area contributed by atoms with E-state index in [-0.39, 0.29) is 39.2 Å². The van der Waals surface area contributed by atoms with E-state index in [1.54, 1.807) is 0 Å². The summed E-state index contributed by atoms with van der Waals surface area (Å²) in [5, 5.41) is 24.5. The fourth-order valence-corrected chi connectivity index (χ4v) is 10.5. The lowest BCUT2D eigenvalue weighted by molar-refractivity contribution is -0.198. The van der Waals surface area contributed by atoms with E-state index in [1.165, 1.54) is 31.2 Å². The number of urea groups is 1. The van der Waals surface area contributed by atoms with Crippen LogP contribution >= 0.6 is 0 Å². The number of allylic oxidation sites excluding steroid dienone is 1. The molecule has 2 amide bonds. The second kappa shape index (κ2) is 9.39. The summed E-state index contributed by atoms with van der Waals surface area (Å²) in [6.45, 7) is 18.8. The monoisotopic (exact) mass is 563 g/mol. The van der Waals surface area contributed by atoms with E-state index in [2.05, 4.69) is 64.0 Å². The number of benzene rings is 1. The SMILES string of the molecule is Cc1c(O)c(O)cc2c1C=CC1C2(C)CCC2(C)C3CC(C)(CNC(=O)N4CCN(C)CC4)CCC3(C)CCC12C. The van der Waals surface area contributed by atoms with Gasteiger partial charge in [-0.25, -0.2) is 4.79 Å². The number of piperazine rings is 1. The summed E-state index contributed by atoms with van der Waals surface area (Å²) in [6, 6.07) is 1.96. The topological polar surface area (TPSA) is 76.0 Å². The lowest BCUT2D eigenvalue weighted by Crippen LogP contribution is -2.65. The first kappa shape index (κ1) is 28.9. The molecule has 3 saturated carbocycles. The first-order valence-electron chi connectivity index (χ1n) is 16.1. The first-order valence-corrected chi connectivity index (χ1v) is 16.1. The number of hydrogen-bond acceptors (Lipinski definition) is 4. The van der Waals surface area contributed by atoms with Gasteiger partial charge in [-0.1, -0.05) is 46.8 Å². The van der Waals surface area contributed by atoms with Gasteiger partial charge in [0, 0.05) is 43.7 Å². The average molecular weight is 564 g/mol. The minimum Gasteiger partial charge on any atom is -0.504 e. The number of carbonyl (C=O) groups is 1. The molecule has 0 radical (unpaired) electrons. The molecule has 3 N–H and O–H groups in total. The number of aromatic hydroxyl groups is 2. The van der Waals surface area contributed by atoms with Crippen LogP contribution in [-0.4, -0.2) is 65.8 Å². The number of nitrogens with one attached hydrogen (secondary N) is 1. The number of nitrogens with zero attached hydrogens (tertiary/aromatic N) is 2. The van der Waals surface area contributed by atoms with Crippen molar-refractivity contribution in [1.82, 2.24) is 15.1 Å². The fraction of sp³-hybridized carbons (Fsp3) is 0.743. The van der Waals surface area contributed by atoms with Crippen molar-refractivity contribution < 1.29 is 15.0 Å². The van der Waals surface area contributed by atoms with Gasteiger partial charge in [-0.3, -0.25) is 0 Å². The quantitative estimate of drug-likeness (QED) is 0.351. The van der Waals surface area contributed by atoms with E-state index in [0.717, 1.165) is 63.1 Å². The van der Waals surface area contributed by atoms with E-state index < -0.39 is 0 Å². The minimum atomic E-state index is -0.0729. The third-order valence-electron chi connectivity index (χ3n) is 13.8. The first-order chi connectivity index (χ1) is 19.2. The number of likely N-dealkylation sites (N-methyl/N-ethyl adjacent to an activating group) is 1. The molecule has 6 nitrogen and oxygen atoms in total. The molecule has 4 aliphatic carbocycles. The van der Waals surface area contributed by atoms with Crippen LogP contribution in [0.1, 0.15) is 96.3 Å². The number of hydrogen-bond donors (Lipinski definition) is 3. The van der Waals surface area contributed by atoms with Gasteiger partial charge in [0.2, 0.25) is 0 Å². The highest BCUT2D eigenvalue weighted by atomic mass is 16.3. The summed E-state index contributed by atoms with van der Waals surface area (Å²) in [6.07, 6.45) is 13.0. The minimum absolute atomic E-state index is 0.00732. The van der Waals surface area contributed by atoms with Crippen molar-refractivity contribution in [2.45, 2.75) is 91.9 Å². The van der Waals surface area contributed by atoms with Gasteiger partial charge < -0.3 is 25.3 Å². The number of phenols is 2. The van der Waals surface area contributed by atoms with Crippen LogP contribution in [0.15, 0.2) is 12.1 Å². The van der Waals surface area contributed by atoms with Crippen LogP contribution in [-0.2, 0) is 5.41 Å². The highest BCUT2D eigenvalue weighted by Crippen LogP contribution is 2.75. The predicted molar refractivity (Wildman–Crippen MR) is 165 cm³/mol. The number of amides is 2. The van der Waals surface area contributed by atoms with Crippen molar-refractivity contribution in [3.63, 3.8) is 0 Å². The summed E-state index contributed by atoms with van der Waals surface area (Å²) in [7, 11) is 2.12. The van der Waals surface area contributed by atoms with E-state index in [9.17, 15) is 15.0 Å². The Morgan fingerprint density at radius 1 is 0.951 bits per heavy atom. The Hall–Kier alpha value is -2.21. The normalized spacial score (nSPS) is 42.1. The van der Waals surface area contributed by atoms with Gasteiger partial charge in [0.15, 0.2) is 11.5 Å². The molecule has 1 aromatic carbocycles. The molecule has 41 heavy (non-hydrogen) atoms. The highest BCUT2D eigenvalue weighted by Gasteiger charge is 2.67. The molecule has 7 unspecified atom stereocenters. The molecular formula is C35H53N3O3. The Bertz CT molecular complexity index is 1270. The van der Waals surface area contributed by atoms with Gasteiger partial charge in [0.1, 0.15) is 0 Å². The number of carbonyl (C=O) groups excluding carboxylic acids is 1. The van der Waals surface area contributed by atoms with E-state index >= 15 is 0 Å². The van der Waals surface area contributed by atoms with Crippen LogP contribution in [0.4, 0.5) is 4.79 Å². The lowest BCUT2D eigenvalue weighted by Gasteiger charge is -2.71. The third-order valence-corrected chi connectivity index (χ3v) is 13.8. The van der Waals surface area contributed by atoms with Gasteiger partial charge in [0.25, 0.3) is 0 Å². The number of rotatable bonds is 2. The Kier molecular flexibility index (Phi) is 6.62. The standard InChI is InChI=1S/C35H53N3O3/c1-23-24-8-9-27-33(4,25(24)20-26(39)29(23)40)13-15-35(6)28-21-31(2,10-11-32(28,3)12-14-34(27,35)5)22-36-30(41)38-18-16-37(7)17-19-38/h8-9,20,27-28,39-40H,10-19,21-22H2,1-7H3,(H,36,41). The van der Waals surface area contributed by atoms with Gasteiger partial charge >= 0.3 is 6.03 Å². The predicted octanol–water partition coefficient (Wildman–Crippen LogP) is 6.68. The number of phenolic OH excluding ortho intramolecular Hbond substituents is 2. The summed E-state index contributed by atoms with van der Waals surface area (Å²) >= 11 is 0. The second-order valence-electron chi connectivity index (χ2n) is 16.1. The highest BCUT2D eigenvalue weighted by molar-refractivity contribution is 5.74. The molecule has 4 fully saturated rings. The molecule has 1 aliphatic heterocycles. The molecule has 5 aliphatic rings. The smallest absolute Gasteiger partial charge is 0.317 e. The lowest BCUT2D eigenvalue weighted by atomic mass is 9.33. The van der Waals surface area contributed by atoms with Gasteiger partial charge in [-0.05, 0) is 110 Å². The molecule has 0 aromatic heterocycles. The summed E-state index contributed by atoms with van der Waals surface area (Å²) in [5.41, 5.74) is 3.75. The molecule has 1 saturated heterocycles. The maximum atomic E-state index is 13.1. The maximum Gasteiger partial charge on any atom is 0.317 e. The van der Waals surface area contributed by atoms with Crippen LogP contribution in [0.5, 0.6) is 11.5 Å². The Morgan fingerprint density at radius 2 is 1.61 bits per heavy atom. The summed E-state index contributed by atoms with van der Waals surface area (Å²) in [5.74, 6) is 0.992. The zero-order valence-electron chi connectivity index (χ0n) is 26.6. The number of fused-ring (bicyclic) bond motifs is 7. The molecule has 6 rings (SSSR count). The van der Waals surface area contributed by atoms with Gasteiger partial charge in [0.05, 0.1) is 0 Å². The molecule has 0 bridgehead atoms. The maximum absolute atomic E-state index is 13.1. The van der Waals surface area contributed by atoms with Crippen molar-refractivity contribution in [2.24, 2.45) is 33.5 Å². The third kappa shape index (κ3) is 4.17. The van der Waals surface area contributed by atoms with Crippen molar-refractivity contribution >= 4 is 12.1 Å². The van der Waals surface area contributed by atoms with Crippen molar-refractivity contribution in [3.05, 3.63) is 28.8 Å². The van der Waals surface area contributed by atoms with Crippen LogP contribution in [0, 0.1) is 40.4 Å². The summed E-state index contributed by atoms with van der Waals surface area (Å²) < 4.78 is 0. The van der Waals surface area contributed by atoms with Crippen molar-refractivity contribution in [1.29, 1.82) is 0 Å². The molecule has 1 aromatic rings. The van der Waals surface area contributed by atoms with Crippen LogP contribution < -0.4 is 5.32 Å². The molecule has 7 atom stereocenters.